The van der Waals surface area contributed by atoms with Crippen molar-refractivity contribution in [3.63, 3.8) is 0 Å². The molecule has 0 amide bonds. The van der Waals surface area contributed by atoms with Gasteiger partial charge < -0.3 is 5.32 Å². The Kier molecular flexibility index (Phi) is 6.53. The maximum absolute atomic E-state index is 3.54. The van der Waals surface area contributed by atoms with Crippen molar-refractivity contribution in [2.24, 2.45) is 0 Å². The van der Waals surface area contributed by atoms with Gasteiger partial charge in [-0.15, -0.1) is 0 Å². The van der Waals surface area contributed by atoms with E-state index in [9.17, 15) is 0 Å². The van der Waals surface area contributed by atoms with Gasteiger partial charge in [-0.3, -0.25) is 0 Å². The van der Waals surface area contributed by atoms with Gasteiger partial charge in [-0.2, -0.15) is 11.8 Å². The molecule has 0 aliphatic heterocycles. The van der Waals surface area contributed by atoms with Gasteiger partial charge in [-0.1, -0.05) is 37.3 Å². The van der Waals surface area contributed by atoms with E-state index in [2.05, 4.69) is 49.5 Å². The van der Waals surface area contributed by atoms with Crippen LogP contribution in [0.25, 0.3) is 0 Å². The molecule has 1 rings (SSSR count). The van der Waals surface area contributed by atoms with Crippen LogP contribution in [0.2, 0.25) is 0 Å². The van der Waals surface area contributed by atoms with Crippen molar-refractivity contribution in [1.29, 1.82) is 0 Å². The van der Waals surface area contributed by atoms with E-state index in [1.54, 1.807) is 0 Å². The van der Waals surface area contributed by atoms with Crippen LogP contribution in [0.1, 0.15) is 31.9 Å². The monoisotopic (exact) mass is 223 g/mol. The molecule has 0 saturated heterocycles. The van der Waals surface area contributed by atoms with Crippen LogP contribution in [0.3, 0.4) is 0 Å². The highest BCUT2D eigenvalue weighted by Gasteiger charge is 2.02. The maximum Gasteiger partial charge on any atom is 0.0291 e. The van der Waals surface area contributed by atoms with Gasteiger partial charge in [-0.25, -0.2) is 0 Å². The van der Waals surface area contributed by atoms with Crippen LogP contribution in [0.5, 0.6) is 0 Å². The predicted octanol–water partition coefficient (Wildman–Crippen LogP) is 3.48. The Labute approximate surface area is 97.7 Å². The van der Waals surface area contributed by atoms with E-state index in [0.717, 1.165) is 6.54 Å². The van der Waals surface area contributed by atoms with Gasteiger partial charge in [0.2, 0.25) is 0 Å². The highest BCUT2D eigenvalue weighted by molar-refractivity contribution is 7.99. The number of thioether (sulfide) groups is 1. The topological polar surface area (TPSA) is 12.0 Å². The lowest BCUT2D eigenvalue weighted by Crippen LogP contribution is -2.20. The van der Waals surface area contributed by atoms with Crippen molar-refractivity contribution >= 4 is 11.8 Å². The van der Waals surface area contributed by atoms with Crippen LogP contribution in [-0.2, 0) is 0 Å². The summed E-state index contributed by atoms with van der Waals surface area (Å²) in [6.45, 7) is 5.55. The van der Waals surface area contributed by atoms with Crippen LogP contribution < -0.4 is 5.32 Å². The van der Waals surface area contributed by atoms with Gasteiger partial charge in [0, 0.05) is 6.04 Å². The van der Waals surface area contributed by atoms with Crippen LogP contribution >= 0.6 is 11.8 Å². The van der Waals surface area contributed by atoms with Crippen LogP contribution in [0, 0.1) is 0 Å². The second kappa shape index (κ2) is 7.77. The Balaban J connectivity index is 2.16. The van der Waals surface area contributed by atoms with Gasteiger partial charge in [-0.05, 0) is 37.0 Å². The molecule has 0 radical (unpaired) electrons. The largest absolute Gasteiger partial charge is 0.310 e. The van der Waals surface area contributed by atoms with Gasteiger partial charge in [0.1, 0.15) is 0 Å². The van der Waals surface area contributed by atoms with Gasteiger partial charge in [0.25, 0.3) is 0 Å². The first-order valence-corrected chi connectivity index (χ1v) is 6.86. The Morgan fingerprint density at radius 2 is 2.00 bits per heavy atom. The van der Waals surface area contributed by atoms with Crippen molar-refractivity contribution in [1.82, 2.24) is 5.32 Å². The third-order valence-electron chi connectivity index (χ3n) is 2.42. The predicted molar refractivity (Wildman–Crippen MR) is 70.5 cm³/mol. The quantitative estimate of drug-likeness (QED) is 0.710. The molecule has 0 bridgehead atoms. The second-order valence-corrected chi connectivity index (χ2v) is 5.03. The average Bonchev–Trinajstić information content (AvgIpc) is 2.30. The molecular formula is C13H21NS. The van der Waals surface area contributed by atoms with Crippen LogP contribution in [0.15, 0.2) is 30.3 Å². The smallest absolute Gasteiger partial charge is 0.0291 e. The molecule has 1 aromatic carbocycles. The van der Waals surface area contributed by atoms with E-state index in [1.807, 2.05) is 11.8 Å². The fraction of sp³-hybridized carbons (Fsp3) is 0.538. The molecule has 1 aromatic rings. The Morgan fingerprint density at radius 1 is 1.27 bits per heavy atom. The minimum Gasteiger partial charge on any atom is -0.310 e. The van der Waals surface area contributed by atoms with Gasteiger partial charge in [0.15, 0.2) is 0 Å². The zero-order valence-corrected chi connectivity index (χ0v) is 10.5. The minimum atomic E-state index is 0.470. The highest BCUT2D eigenvalue weighted by Crippen LogP contribution is 2.11. The Morgan fingerprint density at radius 3 is 2.67 bits per heavy atom. The average molecular weight is 223 g/mol. The molecule has 0 aliphatic rings. The fourth-order valence-electron chi connectivity index (χ4n) is 1.50. The third kappa shape index (κ3) is 5.24. The van der Waals surface area contributed by atoms with Crippen LogP contribution in [-0.4, -0.2) is 18.1 Å². The summed E-state index contributed by atoms with van der Waals surface area (Å²) in [5.41, 5.74) is 1.38. The molecule has 15 heavy (non-hydrogen) atoms. The molecular weight excluding hydrogens is 202 g/mol. The van der Waals surface area contributed by atoms with Gasteiger partial charge in [0.05, 0.1) is 0 Å². The normalized spacial score (nSPS) is 12.7. The van der Waals surface area contributed by atoms with Gasteiger partial charge >= 0.3 is 0 Å². The second-order valence-electron chi connectivity index (χ2n) is 3.64. The minimum absolute atomic E-state index is 0.470. The number of hydrogen-bond donors (Lipinski definition) is 1. The van der Waals surface area contributed by atoms with E-state index >= 15 is 0 Å². The molecule has 0 aliphatic carbocycles. The summed E-state index contributed by atoms with van der Waals surface area (Å²) in [5.74, 6) is 2.50. The molecule has 1 nitrogen and oxygen atoms in total. The molecule has 2 heteroatoms. The molecule has 1 unspecified atom stereocenters. The summed E-state index contributed by atoms with van der Waals surface area (Å²) in [5, 5.41) is 3.54. The molecule has 0 fully saturated rings. The van der Waals surface area contributed by atoms with Crippen molar-refractivity contribution in [3.8, 4) is 0 Å². The Bertz CT molecular complexity index is 248. The molecule has 0 saturated carbocycles. The number of rotatable bonds is 7. The zero-order valence-electron chi connectivity index (χ0n) is 9.70. The van der Waals surface area contributed by atoms with E-state index in [4.69, 9.17) is 0 Å². The standard InChI is InChI=1S/C13H21NS/c1-3-15-11-7-10-14-12(2)13-8-5-4-6-9-13/h4-6,8-9,12,14H,3,7,10-11H2,1-2H3. The third-order valence-corrected chi connectivity index (χ3v) is 3.41. The summed E-state index contributed by atoms with van der Waals surface area (Å²) in [4.78, 5) is 0. The zero-order chi connectivity index (χ0) is 10.9. The molecule has 0 spiro atoms. The maximum atomic E-state index is 3.54. The first-order chi connectivity index (χ1) is 7.34. The highest BCUT2D eigenvalue weighted by atomic mass is 32.2. The summed E-state index contributed by atoms with van der Waals surface area (Å²) >= 11 is 2.02. The SMILES string of the molecule is CCSCCCNC(C)c1ccccc1. The first kappa shape index (κ1) is 12.6. The lowest BCUT2D eigenvalue weighted by molar-refractivity contribution is 0.572. The molecule has 0 heterocycles. The summed E-state index contributed by atoms with van der Waals surface area (Å²) in [6.07, 6.45) is 1.26. The van der Waals surface area contributed by atoms with Crippen molar-refractivity contribution in [2.45, 2.75) is 26.3 Å². The van der Waals surface area contributed by atoms with E-state index < -0.39 is 0 Å². The molecule has 0 aromatic heterocycles. The summed E-state index contributed by atoms with van der Waals surface area (Å²) in [7, 11) is 0. The first-order valence-electron chi connectivity index (χ1n) is 5.70. The number of benzene rings is 1. The Hall–Kier alpha value is -0.470. The summed E-state index contributed by atoms with van der Waals surface area (Å²) in [6, 6.07) is 11.1. The lowest BCUT2D eigenvalue weighted by Gasteiger charge is -2.13. The van der Waals surface area contributed by atoms with Crippen molar-refractivity contribution in [3.05, 3.63) is 35.9 Å². The lowest BCUT2D eigenvalue weighted by atomic mass is 10.1. The van der Waals surface area contributed by atoms with E-state index in [0.29, 0.717) is 6.04 Å². The number of nitrogens with one attached hydrogen (secondary N) is 1. The molecule has 1 atom stereocenters. The molecule has 84 valence electrons. The number of hydrogen-bond acceptors (Lipinski definition) is 2. The van der Waals surface area contributed by atoms with E-state index in [1.165, 1.54) is 23.5 Å². The molecule has 1 N–H and O–H groups in total. The van der Waals surface area contributed by atoms with E-state index in [-0.39, 0.29) is 0 Å². The van der Waals surface area contributed by atoms with Crippen molar-refractivity contribution in [2.75, 3.05) is 18.1 Å². The van der Waals surface area contributed by atoms with Crippen LogP contribution in [0.4, 0.5) is 0 Å². The summed E-state index contributed by atoms with van der Waals surface area (Å²) < 4.78 is 0. The van der Waals surface area contributed by atoms with Crippen molar-refractivity contribution < 1.29 is 0 Å². The fourth-order valence-corrected chi connectivity index (χ4v) is 2.13.